The molecule has 2 aliphatic heterocycles. The number of hydrogen-bond acceptors (Lipinski definition) is 3. The molecule has 2 fully saturated rings. The molecular weight excluding hydrogens is 324 g/mol. The van der Waals surface area contributed by atoms with E-state index in [-0.39, 0.29) is 17.4 Å². The van der Waals surface area contributed by atoms with Crippen molar-refractivity contribution in [3.05, 3.63) is 64.9 Å². The highest BCUT2D eigenvalue weighted by Crippen LogP contribution is 2.54. The van der Waals surface area contributed by atoms with Crippen LogP contribution in [0.5, 0.6) is 0 Å². The number of nitrogens with zero attached hydrogens (tertiary/aromatic N) is 2. The summed E-state index contributed by atoms with van der Waals surface area (Å²) < 4.78 is 5.55. The summed E-state index contributed by atoms with van der Waals surface area (Å²) in [5, 5.41) is 0.346. The van der Waals surface area contributed by atoms with Crippen LogP contribution >= 0.6 is 11.6 Å². The number of rotatable bonds is 2. The molecule has 1 spiro atoms. The Hall–Kier alpha value is -1.91. The van der Waals surface area contributed by atoms with Crippen LogP contribution in [0.25, 0.3) is 0 Å². The van der Waals surface area contributed by atoms with Crippen molar-refractivity contribution in [2.45, 2.75) is 18.9 Å². The van der Waals surface area contributed by atoms with Gasteiger partial charge in [-0.25, -0.2) is 4.98 Å². The van der Waals surface area contributed by atoms with E-state index < -0.39 is 0 Å². The van der Waals surface area contributed by atoms with E-state index in [1.807, 2.05) is 23.1 Å². The van der Waals surface area contributed by atoms with Crippen LogP contribution in [0.2, 0.25) is 5.15 Å². The summed E-state index contributed by atoms with van der Waals surface area (Å²) in [6.45, 7) is 2.28. The smallest absolute Gasteiger partial charge is 0.273 e. The van der Waals surface area contributed by atoms with Gasteiger partial charge in [-0.1, -0.05) is 48.0 Å². The van der Waals surface area contributed by atoms with E-state index in [1.54, 1.807) is 18.2 Å². The number of amides is 1. The number of hydrogen-bond donors (Lipinski definition) is 0. The monoisotopic (exact) mass is 342 g/mol. The van der Waals surface area contributed by atoms with Gasteiger partial charge in [0.1, 0.15) is 10.8 Å². The fraction of sp³-hybridized carbons (Fsp3) is 0.368. The topological polar surface area (TPSA) is 42.4 Å². The molecule has 124 valence electrons. The van der Waals surface area contributed by atoms with Crippen LogP contribution < -0.4 is 0 Å². The summed E-state index contributed by atoms with van der Waals surface area (Å²) in [5.41, 5.74) is 1.71. The lowest BCUT2D eigenvalue weighted by molar-refractivity contribution is -0.115. The van der Waals surface area contributed by atoms with Crippen molar-refractivity contribution in [3.8, 4) is 0 Å². The average molecular weight is 343 g/mol. The lowest BCUT2D eigenvalue weighted by atomic mass is 9.64. The molecule has 24 heavy (non-hydrogen) atoms. The molecule has 0 N–H and O–H groups in total. The molecule has 3 heterocycles. The number of benzene rings is 1. The standard InChI is InChI=1S/C19H19ClN2O2/c20-16-8-4-7-15(21-16)18(23)22-13-19(9-11-24-12-10-19)17(22)14-5-2-1-3-6-14/h1-8,17H,9-13H2/t17-/m0/s1. The first-order chi connectivity index (χ1) is 11.7. The normalized spacial score (nSPS) is 22.2. The summed E-state index contributed by atoms with van der Waals surface area (Å²) in [5.74, 6) is -0.0523. The van der Waals surface area contributed by atoms with E-state index in [0.29, 0.717) is 10.8 Å². The van der Waals surface area contributed by atoms with Gasteiger partial charge in [0, 0.05) is 25.2 Å². The molecule has 0 aliphatic carbocycles. The molecule has 1 amide bonds. The molecule has 2 aromatic rings. The van der Waals surface area contributed by atoms with Crippen LogP contribution in [0, 0.1) is 5.41 Å². The summed E-state index contributed by atoms with van der Waals surface area (Å²) in [7, 11) is 0. The number of pyridine rings is 1. The van der Waals surface area contributed by atoms with Gasteiger partial charge in [-0.05, 0) is 30.5 Å². The maximum absolute atomic E-state index is 13.0. The summed E-state index contributed by atoms with van der Waals surface area (Å²) in [6, 6.07) is 15.5. The molecule has 4 nitrogen and oxygen atoms in total. The number of aromatic nitrogens is 1. The van der Waals surface area contributed by atoms with Crippen molar-refractivity contribution in [3.63, 3.8) is 0 Å². The summed E-state index contributed by atoms with van der Waals surface area (Å²) in [6.07, 6.45) is 1.97. The number of carbonyl (C=O) groups is 1. The van der Waals surface area contributed by atoms with Crippen molar-refractivity contribution in [1.82, 2.24) is 9.88 Å². The first kappa shape index (κ1) is 15.6. The maximum Gasteiger partial charge on any atom is 0.273 e. The van der Waals surface area contributed by atoms with Crippen molar-refractivity contribution < 1.29 is 9.53 Å². The molecule has 1 atom stereocenters. The number of halogens is 1. The Morgan fingerprint density at radius 1 is 1.12 bits per heavy atom. The maximum atomic E-state index is 13.0. The van der Waals surface area contributed by atoms with E-state index in [1.165, 1.54) is 5.56 Å². The molecule has 0 radical (unpaired) electrons. The Kier molecular flexibility index (Phi) is 4.02. The van der Waals surface area contributed by atoms with E-state index in [2.05, 4.69) is 17.1 Å². The second-order valence-corrected chi connectivity index (χ2v) is 6.95. The third-order valence-corrected chi connectivity index (χ3v) is 5.39. The van der Waals surface area contributed by atoms with Crippen molar-refractivity contribution in [1.29, 1.82) is 0 Å². The second-order valence-electron chi connectivity index (χ2n) is 6.57. The van der Waals surface area contributed by atoms with Crippen LogP contribution in [-0.4, -0.2) is 35.5 Å². The molecule has 1 aromatic carbocycles. The third-order valence-electron chi connectivity index (χ3n) is 5.18. The highest BCUT2D eigenvalue weighted by molar-refractivity contribution is 6.29. The Bertz CT molecular complexity index is 744. The Balaban J connectivity index is 1.67. The minimum absolute atomic E-state index is 0.0523. The molecule has 0 saturated carbocycles. The van der Waals surface area contributed by atoms with Gasteiger partial charge < -0.3 is 9.64 Å². The zero-order valence-corrected chi connectivity index (χ0v) is 14.1. The molecular formula is C19H19ClN2O2. The molecule has 2 saturated heterocycles. The number of carbonyl (C=O) groups excluding carboxylic acids is 1. The lowest BCUT2D eigenvalue weighted by Gasteiger charge is -2.59. The lowest BCUT2D eigenvalue weighted by Crippen LogP contribution is -2.62. The molecule has 5 heteroatoms. The molecule has 4 rings (SSSR count). The van der Waals surface area contributed by atoms with Gasteiger partial charge in [-0.3, -0.25) is 4.79 Å². The Labute approximate surface area is 146 Å². The van der Waals surface area contributed by atoms with Gasteiger partial charge in [0.05, 0.1) is 6.04 Å². The fourth-order valence-electron chi connectivity index (χ4n) is 3.98. The Morgan fingerprint density at radius 2 is 1.88 bits per heavy atom. The van der Waals surface area contributed by atoms with Crippen molar-refractivity contribution >= 4 is 17.5 Å². The van der Waals surface area contributed by atoms with Gasteiger partial charge in [0.2, 0.25) is 0 Å². The van der Waals surface area contributed by atoms with E-state index in [9.17, 15) is 4.79 Å². The average Bonchev–Trinajstić information content (AvgIpc) is 2.61. The van der Waals surface area contributed by atoms with Gasteiger partial charge in [0.15, 0.2) is 0 Å². The summed E-state index contributed by atoms with van der Waals surface area (Å²) in [4.78, 5) is 19.1. The zero-order valence-electron chi connectivity index (χ0n) is 13.3. The molecule has 2 aliphatic rings. The quantitative estimate of drug-likeness (QED) is 0.781. The molecule has 0 bridgehead atoms. The van der Waals surface area contributed by atoms with Crippen LogP contribution in [0.4, 0.5) is 0 Å². The minimum atomic E-state index is -0.0523. The predicted molar refractivity (Wildman–Crippen MR) is 92.0 cm³/mol. The van der Waals surface area contributed by atoms with E-state index in [0.717, 1.165) is 32.6 Å². The fourth-order valence-corrected chi connectivity index (χ4v) is 4.14. The zero-order chi connectivity index (χ0) is 16.6. The largest absolute Gasteiger partial charge is 0.381 e. The minimum Gasteiger partial charge on any atom is -0.381 e. The molecule has 0 unspecified atom stereocenters. The highest BCUT2D eigenvalue weighted by atomic mass is 35.5. The Morgan fingerprint density at radius 3 is 2.58 bits per heavy atom. The predicted octanol–water partition coefficient (Wildman–Crippen LogP) is 3.73. The first-order valence-electron chi connectivity index (χ1n) is 8.26. The molecule has 1 aromatic heterocycles. The number of ether oxygens (including phenoxy) is 1. The van der Waals surface area contributed by atoms with Crippen LogP contribution in [-0.2, 0) is 4.74 Å². The van der Waals surface area contributed by atoms with Crippen LogP contribution in [0.1, 0.15) is 34.9 Å². The van der Waals surface area contributed by atoms with Gasteiger partial charge in [-0.15, -0.1) is 0 Å². The van der Waals surface area contributed by atoms with E-state index in [4.69, 9.17) is 16.3 Å². The number of likely N-dealkylation sites (tertiary alicyclic amines) is 1. The van der Waals surface area contributed by atoms with E-state index >= 15 is 0 Å². The highest BCUT2D eigenvalue weighted by Gasteiger charge is 2.55. The first-order valence-corrected chi connectivity index (χ1v) is 8.64. The van der Waals surface area contributed by atoms with Crippen LogP contribution in [0.15, 0.2) is 48.5 Å². The van der Waals surface area contributed by atoms with Gasteiger partial charge in [-0.2, -0.15) is 0 Å². The summed E-state index contributed by atoms with van der Waals surface area (Å²) >= 11 is 5.95. The van der Waals surface area contributed by atoms with Gasteiger partial charge in [0.25, 0.3) is 5.91 Å². The van der Waals surface area contributed by atoms with Gasteiger partial charge >= 0.3 is 0 Å². The van der Waals surface area contributed by atoms with Crippen molar-refractivity contribution in [2.24, 2.45) is 5.41 Å². The SMILES string of the molecule is O=C(c1cccc(Cl)n1)N1CC2(CCOCC2)[C@@H]1c1ccccc1. The van der Waals surface area contributed by atoms with Crippen LogP contribution in [0.3, 0.4) is 0 Å². The third kappa shape index (κ3) is 2.60. The van der Waals surface area contributed by atoms with Crippen molar-refractivity contribution in [2.75, 3.05) is 19.8 Å². The second kappa shape index (κ2) is 6.19.